The lowest BCUT2D eigenvalue weighted by molar-refractivity contribution is -0.274. The third kappa shape index (κ3) is 5.03. The van der Waals surface area contributed by atoms with Crippen LogP contribution in [0.3, 0.4) is 0 Å². The van der Waals surface area contributed by atoms with Gasteiger partial charge in [0.25, 0.3) is 5.91 Å². The van der Waals surface area contributed by atoms with Crippen LogP contribution in [0.5, 0.6) is 5.75 Å². The third-order valence-corrected chi connectivity index (χ3v) is 5.83. The fraction of sp³-hybridized carbons (Fsp3) is 0.192. The average Bonchev–Trinajstić information content (AvgIpc) is 3.39. The van der Waals surface area contributed by atoms with Crippen LogP contribution in [-0.2, 0) is 19.6 Å². The summed E-state index contributed by atoms with van der Waals surface area (Å²) in [6, 6.07) is 15.3. The van der Waals surface area contributed by atoms with Gasteiger partial charge in [-0.15, -0.1) is 13.2 Å². The summed E-state index contributed by atoms with van der Waals surface area (Å²) in [6.45, 7) is 3.18. The predicted molar refractivity (Wildman–Crippen MR) is 122 cm³/mol. The van der Waals surface area contributed by atoms with Gasteiger partial charge in [0.1, 0.15) is 5.75 Å². The van der Waals surface area contributed by atoms with Crippen molar-refractivity contribution in [3.63, 3.8) is 0 Å². The third-order valence-electron chi connectivity index (χ3n) is 5.83. The first-order valence-corrected chi connectivity index (χ1v) is 11.0. The van der Waals surface area contributed by atoms with Crippen LogP contribution in [0.4, 0.5) is 13.2 Å². The monoisotopic (exact) mass is 478 g/mol. The van der Waals surface area contributed by atoms with Gasteiger partial charge in [0.15, 0.2) is 0 Å². The second kappa shape index (κ2) is 8.90. The van der Waals surface area contributed by atoms with Crippen LogP contribution < -0.4 is 4.74 Å². The lowest BCUT2D eigenvalue weighted by atomic mass is 9.98. The van der Waals surface area contributed by atoms with Crippen LogP contribution >= 0.6 is 0 Å². The summed E-state index contributed by atoms with van der Waals surface area (Å²) in [5.74, 6) is -0.383. The number of pyridine rings is 1. The highest BCUT2D eigenvalue weighted by Crippen LogP contribution is 2.32. The highest BCUT2D eigenvalue weighted by Gasteiger charge is 2.32. The van der Waals surface area contributed by atoms with Crippen molar-refractivity contribution >= 4 is 5.91 Å². The number of carbonyl (C=O) groups excluding carboxylic acids is 1. The molecule has 4 aromatic rings. The Hall–Kier alpha value is -4.14. The number of benzene rings is 2. The van der Waals surface area contributed by atoms with E-state index in [9.17, 15) is 18.0 Å². The summed E-state index contributed by atoms with van der Waals surface area (Å²) in [7, 11) is 0. The summed E-state index contributed by atoms with van der Waals surface area (Å²) < 4.78 is 42.9. The Morgan fingerprint density at radius 2 is 1.83 bits per heavy atom. The molecule has 1 aliphatic rings. The maximum Gasteiger partial charge on any atom is 0.573 e. The molecule has 0 fully saturated rings. The van der Waals surface area contributed by atoms with Gasteiger partial charge in [-0.2, -0.15) is 5.10 Å². The van der Waals surface area contributed by atoms with Crippen LogP contribution in [0.2, 0.25) is 0 Å². The second-order valence-electron chi connectivity index (χ2n) is 8.43. The molecule has 1 aliphatic heterocycles. The van der Waals surface area contributed by atoms with Crippen molar-refractivity contribution in [1.29, 1.82) is 0 Å². The average molecular weight is 478 g/mol. The fourth-order valence-electron chi connectivity index (χ4n) is 4.29. The van der Waals surface area contributed by atoms with Crippen LogP contribution in [0.15, 0.2) is 73.2 Å². The first-order chi connectivity index (χ1) is 16.7. The Kier molecular flexibility index (Phi) is 5.76. The number of carbonyl (C=O) groups is 1. The molecule has 0 saturated carbocycles. The molecule has 1 amide bonds. The molecule has 0 saturated heterocycles. The molecule has 178 valence electrons. The number of aromatic nitrogens is 3. The SMILES string of the molecule is Cc1cc(-c2cnn(Cc3ccccn3)c2)cc2c1C(=O)N(Cc1ccc(OC(F)(F)F)cc1)C2. The zero-order valence-corrected chi connectivity index (χ0v) is 18.8. The molecular formula is C26H21F3N4O2. The first kappa shape index (κ1) is 22.6. The largest absolute Gasteiger partial charge is 0.573 e. The molecule has 0 spiro atoms. The number of hydrogen-bond donors (Lipinski definition) is 0. The van der Waals surface area contributed by atoms with E-state index in [1.54, 1.807) is 17.3 Å². The molecule has 6 nitrogen and oxygen atoms in total. The maximum atomic E-state index is 13.1. The Morgan fingerprint density at radius 1 is 1.03 bits per heavy atom. The standard InChI is InChI=1S/C26H21F3N4O2/c1-17-10-19(21-12-31-33(15-21)16-22-4-2-3-9-30-22)11-20-14-32(25(34)24(17)20)13-18-5-7-23(8-6-18)35-26(27,28)29/h2-12,15H,13-14,16H2,1H3. The van der Waals surface area contributed by atoms with Crippen molar-refractivity contribution < 1.29 is 22.7 Å². The van der Waals surface area contributed by atoms with E-state index >= 15 is 0 Å². The topological polar surface area (TPSA) is 60.2 Å². The number of rotatable bonds is 6. The highest BCUT2D eigenvalue weighted by atomic mass is 19.4. The van der Waals surface area contributed by atoms with E-state index in [2.05, 4.69) is 14.8 Å². The number of hydrogen-bond acceptors (Lipinski definition) is 4. The normalized spacial score (nSPS) is 13.3. The number of aryl methyl sites for hydroxylation is 1. The van der Waals surface area contributed by atoms with Crippen LogP contribution in [0.1, 0.15) is 32.7 Å². The zero-order valence-electron chi connectivity index (χ0n) is 18.8. The summed E-state index contributed by atoms with van der Waals surface area (Å²) in [5.41, 5.74) is 6.00. The molecule has 0 N–H and O–H groups in total. The zero-order chi connectivity index (χ0) is 24.6. The molecule has 5 rings (SSSR count). The van der Waals surface area contributed by atoms with E-state index in [1.165, 1.54) is 24.3 Å². The van der Waals surface area contributed by atoms with Gasteiger partial charge in [0.2, 0.25) is 0 Å². The second-order valence-corrected chi connectivity index (χ2v) is 8.43. The van der Waals surface area contributed by atoms with E-state index in [1.807, 2.05) is 48.1 Å². The van der Waals surface area contributed by atoms with Gasteiger partial charge in [-0.1, -0.05) is 24.3 Å². The van der Waals surface area contributed by atoms with E-state index in [4.69, 9.17) is 0 Å². The maximum absolute atomic E-state index is 13.1. The van der Waals surface area contributed by atoms with Gasteiger partial charge < -0.3 is 9.64 Å². The van der Waals surface area contributed by atoms with Gasteiger partial charge in [0.05, 0.1) is 18.4 Å². The molecule has 0 bridgehead atoms. The summed E-state index contributed by atoms with van der Waals surface area (Å²) in [5, 5.41) is 4.44. The van der Waals surface area contributed by atoms with E-state index in [0.29, 0.717) is 24.2 Å². The smallest absolute Gasteiger partial charge is 0.406 e. The molecule has 3 heterocycles. The molecule has 0 atom stereocenters. The van der Waals surface area contributed by atoms with Crippen LogP contribution in [0.25, 0.3) is 11.1 Å². The van der Waals surface area contributed by atoms with Crippen molar-refractivity contribution in [1.82, 2.24) is 19.7 Å². The summed E-state index contributed by atoms with van der Waals surface area (Å²) >= 11 is 0. The molecule has 35 heavy (non-hydrogen) atoms. The number of halogens is 3. The van der Waals surface area contributed by atoms with E-state index in [0.717, 1.165) is 27.9 Å². The fourth-order valence-corrected chi connectivity index (χ4v) is 4.29. The number of ether oxygens (including phenoxy) is 1. The van der Waals surface area contributed by atoms with Gasteiger partial charge >= 0.3 is 6.36 Å². The molecule has 2 aromatic carbocycles. The summed E-state index contributed by atoms with van der Waals surface area (Å²) in [4.78, 5) is 19.1. The molecular weight excluding hydrogens is 457 g/mol. The Labute approximate surface area is 199 Å². The number of amides is 1. The molecule has 0 aliphatic carbocycles. The van der Waals surface area contributed by atoms with Gasteiger partial charge in [-0.25, -0.2) is 0 Å². The van der Waals surface area contributed by atoms with Crippen molar-refractivity contribution in [3.8, 4) is 16.9 Å². The summed E-state index contributed by atoms with van der Waals surface area (Å²) in [6.07, 6.45) is 0.757. The Balaban J connectivity index is 1.31. The van der Waals surface area contributed by atoms with E-state index < -0.39 is 6.36 Å². The lowest BCUT2D eigenvalue weighted by Gasteiger charge is -2.16. The molecule has 0 radical (unpaired) electrons. The minimum atomic E-state index is -4.74. The van der Waals surface area contributed by atoms with E-state index in [-0.39, 0.29) is 18.2 Å². The Bertz CT molecular complexity index is 1370. The highest BCUT2D eigenvalue weighted by molar-refractivity contribution is 6.00. The minimum Gasteiger partial charge on any atom is -0.406 e. The van der Waals surface area contributed by atoms with Gasteiger partial charge in [0, 0.05) is 36.6 Å². The Morgan fingerprint density at radius 3 is 2.54 bits per heavy atom. The van der Waals surface area contributed by atoms with Crippen molar-refractivity contribution in [2.24, 2.45) is 0 Å². The van der Waals surface area contributed by atoms with Crippen molar-refractivity contribution in [2.75, 3.05) is 0 Å². The number of fused-ring (bicyclic) bond motifs is 1. The lowest BCUT2D eigenvalue weighted by Crippen LogP contribution is -2.23. The van der Waals surface area contributed by atoms with Gasteiger partial charge in [-0.05, 0) is 59.5 Å². The van der Waals surface area contributed by atoms with Crippen molar-refractivity contribution in [3.05, 3.63) is 101 Å². The van der Waals surface area contributed by atoms with Crippen molar-refractivity contribution in [2.45, 2.75) is 32.9 Å². The molecule has 0 unspecified atom stereocenters. The molecule has 2 aromatic heterocycles. The molecule has 9 heteroatoms. The quantitative estimate of drug-likeness (QED) is 0.375. The van der Waals surface area contributed by atoms with Gasteiger partial charge in [-0.3, -0.25) is 14.5 Å². The number of nitrogens with zero attached hydrogens (tertiary/aromatic N) is 4. The van der Waals surface area contributed by atoms with Crippen LogP contribution in [0, 0.1) is 6.92 Å². The first-order valence-electron chi connectivity index (χ1n) is 11.0. The predicted octanol–water partition coefficient (Wildman–Crippen LogP) is 5.36. The number of alkyl halides is 3. The minimum absolute atomic E-state index is 0.0921. The van der Waals surface area contributed by atoms with Crippen LogP contribution in [-0.4, -0.2) is 31.9 Å².